The van der Waals surface area contributed by atoms with Gasteiger partial charge in [0.15, 0.2) is 0 Å². The maximum absolute atomic E-state index is 11.6. The van der Waals surface area contributed by atoms with Gasteiger partial charge in [-0.15, -0.1) is 0 Å². The molecule has 0 heterocycles. The van der Waals surface area contributed by atoms with Crippen molar-refractivity contribution in [3.63, 3.8) is 0 Å². The number of carbonyl (C=O) groups excluding carboxylic acids is 1. The minimum atomic E-state index is -0.295. The Morgan fingerprint density at radius 3 is 2.47 bits per heavy atom. The highest BCUT2D eigenvalue weighted by atomic mass is 79.9. The van der Waals surface area contributed by atoms with Gasteiger partial charge in [0.25, 0.3) is 5.91 Å². The Morgan fingerprint density at radius 1 is 1.47 bits per heavy atom. The fraction of sp³-hybridized carbons (Fsp3) is 0.200. The lowest BCUT2D eigenvalue weighted by Crippen LogP contribution is -2.41. The van der Waals surface area contributed by atoms with E-state index in [0.29, 0.717) is 5.56 Å². The Kier molecular flexibility index (Phi) is 4.23. The first kappa shape index (κ1) is 12.1. The second-order valence-corrected chi connectivity index (χ2v) is 4.49. The zero-order valence-electron chi connectivity index (χ0n) is 8.16. The Balaban J connectivity index is 2.69. The van der Waals surface area contributed by atoms with Crippen LogP contribution in [0.2, 0.25) is 0 Å². The number of rotatable bonds is 3. The molecule has 0 aliphatic heterocycles. The number of hydrogen-bond acceptors (Lipinski definition) is 2. The van der Waals surface area contributed by atoms with Crippen LogP contribution in [0.5, 0.6) is 0 Å². The van der Waals surface area contributed by atoms with E-state index in [0.717, 1.165) is 4.47 Å². The Hall–Kier alpha value is -0.940. The molecule has 1 atom stereocenters. The monoisotopic (exact) mass is 286 g/mol. The van der Waals surface area contributed by atoms with Crippen LogP contribution in [0.1, 0.15) is 17.3 Å². The zero-order chi connectivity index (χ0) is 11.4. The molecule has 3 N–H and O–H groups in total. The van der Waals surface area contributed by atoms with Crippen molar-refractivity contribution in [2.75, 3.05) is 0 Å². The van der Waals surface area contributed by atoms with Gasteiger partial charge in [0, 0.05) is 10.0 Å². The molecule has 0 fully saturated rings. The van der Waals surface area contributed by atoms with Crippen LogP contribution in [0.3, 0.4) is 0 Å². The molecular formula is C10H11BrN2OS. The number of nitrogens with one attached hydrogen (secondary N) is 1. The first-order valence-electron chi connectivity index (χ1n) is 4.36. The van der Waals surface area contributed by atoms with Crippen LogP contribution < -0.4 is 11.1 Å². The van der Waals surface area contributed by atoms with Crippen molar-refractivity contribution in [2.45, 2.75) is 13.0 Å². The van der Waals surface area contributed by atoms with Gasteiger partial charge in [0.2, 0.25) is 0 Å². The average Bonchev–Trinajstić information content (AvgIpc) is 2.18. The largest absolute Gasteiger partial charge is 0.392 e. The van der Waals surface area contributed by atoms with Gasteiger partial charge >= 0.3 is 0 Å². The molecule has 0 bridgehead atoms. The van der Waals surface area contributed by atoms with Gasteiger partial charge in [-0.25, -0.2) is 0 Å². The molecule has 1 rings (SSSR count). The van der Waals surface area contributed by atoms with E-state index in [1.54, 1.807) is 31.2 Å². The lowest BCUT2D eigenvalue weighted by Gasteiger charge is -2.11. The van der Waals surface area contributed by atoms with Gasteiger partial charge in [-0.2, -0.15) is 0 Å². The Bertz CT molecular complexity index is 378. The summed E-state index contributed by atoms with van der Waals surface area (Å²) in [7, 11) is 0. The van der Waals surface area contributed by atoms with Crippen LogP contribution in [-0.2, 0) is 0 Å². The molecule has 80 valence electrons. The van der Waals surface area contributed by atoms with E-state index in [1.807, 2.05) is 0 Å². The maximum Gasteiger partial charge on any atom is 0.251 e. The highest BCUT2D eigenvalue weighted by Gasteiger charge is 2.10. The Morgan fingerprint density at radius 2 is 2.00 bits per heavy atom. The second kappa shape index (κ2) is 5.23. The molecule has 3 nitrogen and oxygen atoms in total. The van der Waals surface area contributed by atoms with Crippen LogP contribution in [-0.4, -0.2) is 16.9 Å². The molecule has 0 aliphatic carbocycles. The van der Waals surface area contributed by atoms with Crippen LogP contribution in [0, 0.1) is 0 Å². The lowest BCUT2D eigenvalue weighted by molar-refractivity contribution is 0.0949. The number of nitrogens with two attached hydrogens (primary N) is 1. The summed E-state index contributed by atoms with van der Waals surface area (Å²) in [5.74, 6) is -0.178. The third-order valence-electron chi connectivity index (χ3n) is 1.88. The first-order valence-corrected chi connectivity index (χ1v) is 5.56. The third kappa shape index (κ3) is 3.60. The molecule has 15 heavy (non-hydrogen) atoms. The first-order chi connectivity index (χ1) is 7.00. The standard InChI is InChI=1S/C10H11BrN2OS/c1-6(9(12)15)13-10(14)7-2-4-8(11)5-3-7/h2-6H,1H3,(H2,12,15)(H,13,14). The van der Waals surface area contributed by atoms with Crippen molar-refractivity contribution < 1.29 is 4.79 Å². The minimum absolute atomic E-state index is 0.178. The smallest absolute Gasteiger partial charge is 0.251 e. The number of benzene rings is 1. The average molecular weight is 287 g/mol. The van der Waals surface area contributed by atoms with Gasteiger partial charge < -0.3 is 11.1 Å². The normalized spacial score (nSPS) is 11.9. The second-order valence-electron chi connectivity index (χ2n) is 3.10. The third-order valence-corrected chi connectivity index (χ3v) is 2.76. The predicted molar refractivity (Wildman–Crippen MR) is 67.9 cm³/mol. The summed E-state index contributed by atoms with van der Waals surface area (Å²) < 4.78 is 0.932. The molecule has 1 amide bonds. The van der Waals surface area contributed by atoms with Crippen molar-refractivity contribution in [1.82, 2.24) is 5.32 Å². The van der Waals surface area contributed by atoms with Crippen molar-refractivity contribution in [3.8, 4) is 0 Å². The molecule has 5 heteroatoms. The van der Waals surface area contributed by atoms with Gasteiger partial charge in [-0.1, -0.05) is 28.1 Å². The fourth-order valence-electron chi connectivity index (χ4n) is 0.952. The molecule has 0 spiro atoms. The Labute approximate surface area is 102 Å². The van der Waals surface area contributed by atoms with Crippen LogP contribution in [0.15, 0.2) is 28.7 Å². The molecule has 1 aromatic rings. The molecule has 0 saturated carbocycles. The number of halogens is 1. The van der Waals surface area contributed by atoms with Crippen molar-refractivity contribution in [1.29, 1.82) is 0 Å². The fourth-order valence-corrected chi connectivity index (χ4v) is 1.28. The molecule has 0 saturated heterocycles. The van der Waals surface area contributed by atoms with E-state index < -0.39 is 0 Å². The number of amides is 1. The quantitative estimate of drug-likeness (QED) is 0.834. The summed E-state index contributed by atoms with van der Waals surface area (Å²) in [6.07, 6.45) is 0. The molecule has 0 aromatic heterocycles. The van der Waals surface area contributed by atoms with E-state index in [-0.39, 0.29) is 16.9 Å². The number of hydrogen-bond donors (Lipinski definition) is 2. The van der Waals surface area contributed by atoms with Crippen molar-refractivity contribution in [3.05, 3.63) is 34.3 Å². The van der Waals surface area contributed by atoms with E-state index >= 15 is 0 Å². The molecular weight excluding hydrogens is 276 g/mol. The number of thiocarbonyl (C=S) groups is 1. The van der Waals surface area contributed by atoms with E-state index in [2.05, 4.69) is 21.2 Å². The van der Waals surface area contributed by atoms with Crippen molar-refractivity contribution in [2.24, 2.45) is 5.73 Å². The van der Waals surface area contributed by atoms with Gasteiger partial charge in [0.05, 0.1) is 11.0 Å². The summed E-state index contributed by atoms with van der Waals surface area (Å²) in [5.41, 5.74) is 5.98. The van der Waals surface area contributed by atoms with E-state index in [9.17, 15) is 4.79 Å². The lowest BCUT2D eigenvalue weighted by atomic mass is 10.2. The van der Waals surface area contributed by atoms with Crippen LogP contribution >= 0.6 is 28.1 Å². The van der Waals surface area contributed by atoms with Gasteiger partial charge in [0.1, 0.15) is 0 Å². The molecule has 1 unspecified atom stereocenters. The zero-order valence-corrected chi connectivity index (χ0v) is 10.6. The number of carbonyl (C=O) groups is 1. The highest BCUT2D eigenvalue weighted by molar-refractivity contribution is 9.10. The van der Waals surface area contributed by atoms with Crippen LogP contribution in [0.4, 0.5) is 0 Å². The van der Waals surface area contributed by atoms with Gasteiger partial charge in [-0.05, 0) is 31.2 Å². The molecule has 1 aromatic carbocycles. The topological polar surface area (TPSA) is 55.1 Å². The minimum Gasteiger partial charge on any atom is -0.392 e. The van der Waals surface area contributed by atoms with Crippen LogP contribution in [0.25, 0.3) is 0 Å². The van der Waals surface area contributed by atoms with E-state index in [1.165, 1.54) is 0 Å². The summed E-state index contributed by atoms with van der Waals surface area (Å²) in [6, 6.07) is 6.77. The maximum atomic E-state index is 11.6. The van der Waals surface area contributed by atoms with Gasteiger partial charge in [-0.3, -0.25) is 4.79 Å². The van der Waals surface area contributed by atoms with E-state index in [4.69, 9.17) is 18.0 Å². The molecule has 0 radical (unpaired) electrons. The highest BCUT2D eigenvalue weighted by Crippen LogP contribution is 2.10. The summed E-state index contributed by atoms with van der Waals surface area (Å²) in [5, 5.41) is 2.69. The summed E-state index contributed by atoms with van der Waals surface area (Å²) in [6.45, 7) is 1.75. The molecule has 0 aliphatic rings. The summed E-state index contributed by atoms with van der Waals surface area (Å²) >= 11 is 8.06. The summed E-state index contributed by atoms with van der Waals surface area (Å²) in [4.78, 5) is 11.9. The SMILES string of the molecule is CC(NC(=O)c1ccc(Br)cc1)C(N)=S. The predicted octanol–water partition coefficient (Wildman–Crippen LogP) is 1.85. The van der Waals surface area contributed by atoms with Crippen molar-refractivity contribution >= 4 is 39.0 Å².